The minimum absolute atomic E-state index is 0.0823. The molecule has 5 aromatic rings. The predicted molar refractivity (Wildman–Crippen MR) is 242 cm³/mol. The summed E-state index contributed by atoms with van der Waals surface area (Å²) in [6.07, 6.45) is -2.03. The van der Waals surface area contributed by atoms with E-state index >= 15 is 0 Å². The Morgan fingerprint density at radius 3 is 2.08 bits per heavy atom. The second-order valence-corrected chi connectivity index (χ2v) is 21.2. The van der Waals surface area contributed by atoms with Gasteiger partial charge >= 0.3 is 11.7 Å². The van der Waals surface area contributed by atoms with Crippen molar-refractivity contribution in [1.82, 2.24) is 9.62 Å². The number of amides is 1. The number of nitrogens with one attached hydrogen (secondary N) is 2. The zero-order valence-corrected chi connectivity index (χ0v) is 38.0. The number of sulfone groups is 1. The van der Waals surface area contributed by atoms with Gasteiger partial charge in [-0.15, -0.1) is 11.8 Å². The number of halogens is 6. The van der Waals surface area contributed by atoms with Crippen LogP contribution in [0.15, 0.2) is 136 Å². The van der Waals surface area contributed by atoms with E-state index in [9.17, 15) is 53.1 Å². The van der Waals surface area contributed by atoms with Gasteiger partial charge < -0.3 is 20.2 Å². The molecule has 3 N–H and O–H groups in total. The number of carbonyl (C=O) groups excluding carboxylic acids is 1. The minimum Gasteiger partial charge on any atom is -0.388 e. The van der Waals surface area contributed by atoms with Crippen LogP contribution in [0, 0.1) is 5.92 Å². The highest BCUT2D eigenvalue weighted by Gasteiger charge is 2.48. The molecule has 3 atom stereocenters. The van der Waals surface area contributed by atoms with Crippen LogP contribution >= 0.6 is 11.8 Å². The first kappa shape index (κ1) is 48.8. The molecule has 66 heavy (non-hydrogen) atoms. The van der Waals surface area contributed by atoms with Crippen molar-refractivity contribution in [3.63, 3.8) is 0 Å². The maximum atomic E-state index is 14.2. The van der Waals surface area contributed by atoms with E-state index in [0.717, 1.165) is 48.5 Å². The van der Waals surface area contributed by atoms with Gasteiger partial charge in [-0.1, -0.05) is 54.6 Å². The summed E-state index contributed by atoms with van der Waals surface area (Å²) in [6, 6.07) is 29.0. The average Bonchev–Trinajstić information content (AvgIpc) is 3.70. The number of likely N-dealkylation sites (tertiary alicyclic amines) is 1. The van der Waals surface area contributed by atoms with Gasteiger partial charge in [0.2, 0.25) is 0 Å². The Kier molecular flexibility index (Phi) is 14.8. The molecule has 7 rings (SSSR count). The number of carbonyl (C=O) groups is 1. The largest absolute Gasteiger partial charge is 0.501 e. The van der Waals surface area contributed by atoms with E-state index in [1.807, 2.05) is 47.0 Å². The van der Waals surface area contributed by atoms with Crippen molar-refractivity contribution in [2.45, 2.75) is 76.7 Å². The summed E-state index contributed by atoms with van der Waals surface area (Å²) < 4.78 is 137. The molecule has 10 nitrogen and oxygen atoms in total. The van der Waals surface area contributed by atoms with Gasteiger partial charge in [-0.25, -0.2) is 21.6 Å². The fourth-order valence-electron chi connectivity index (χ4n) is 8.49. The number of thioether (sulfide) groups is 1. The number of alkyl halides is 6. The highest BCUT2D eigenvalue weighted by atomic mass is 32.2. The smallest absolute Gasteiger partial charge is 0.388 e. The zero-order valence-electron chi connectivity index (χ0n) is 35.6. The quantitative estimate of drug-likeness (QED) is 0.0688. The van der Waals surface area contributed by atoms with E-state index in [-0.39, 0.29) is 17.5 Å². The van der Waals surface area contributed by atoms with E-state index in [4.69, 9.17) is 0 Å². The van der Waals surface area contributed by atoms with Crippen LogP contribution in [0.25, 0.3) is 11.1 Å². The van der Waals surface area contributed by atoms with Gasteiger partial charge in [-0.3, -0.25) is 4.79 Å². The van der Waals surface area contributed by atoms with Crippen LogP contribution in [0.4, 0.5) is 37.7 Å². The van der Waals surface area contributed by atoms with Gasteiger partial charge in [0.15, 0.2) is 0 Å². The standard InChI is InChI=1S/C47H48F6N4O6S3/c1-56-25-7-8-37(56)28-35(30-64-38-9-3-2-4-10-38)54-42-22-21-39(29-43(42)65(60,61)47(51,52)53)66(62,63)55-45(59)33-15-19-36(20-16-33)57-26-23-32(24-27-57)44(58)41-12-6-5-11-40(41)31-13-17-34(18-14-31)46(48,49)50/h2-6,9-22,29,32,35,37,44,54,58H,7-8,23-28,30H2,1H3,(H,55,59)/t35-,37+,44-/m1/s1. The molecule has 0 spiro atoms. The third kappa shape index (κ3) is 11.4. The van der Waals surface area contributed by atoms with E-state index in [1.54, 1.807) is 36.4 Å². The molecule has 352 valence electrons. The van der Waals surface area contributed by atoms with Crippen molar-refractivity contribution < 1.29 is 53.1 Å². The number of aliphatic hydroxyl groups is 1. The first-order valence-electron chi connectivity index (χ1n) is 21.2. The third-order valence-electron chi connectivity index (χ3n) is 12.2. The topological polar surface area (TPSA) is 136 Å². The molecule has 0 aliphatic carbocycles. The summed E-state index contributed by atoms with van der Waals surface area (Å²) in [5.41, 5.74) is -4.61. The van der Waals surface area contributed by atoms with E-state index in [2.05, 4.69) is 10.2 Å². The number of rotatable bonds is 15. The number of sulfonamides is 1. The van der Waals surface area contributed by atoms with Gasteiger partial charge in [-0.05, 0) is 135 Å². The molecule has 2 saturated heterocycles. The Morgan fingerprint density at radius 2 is 1.45 bits per heavy atom. The van der Waals surface area contributed by atoms with Gasteiger partial charge in [0, 0.05) is 47.1 Å². The van der Waals surface area contributed by atoms with Crippen molar-refractivity contribution in [2.75, 3.05) is 42.7 Å². The number of aliphatic hydroxyl groups excluding tert-OH is 1. The van der Waals surface area contributed by atoms with Crippen LogP contribution in [-0.2, 0) is 26.0 Å². The Balaban J connectivity index is 1.02. The van der Waals surface area contributed by atoms with E-state index < -0.39 is 70.6 Å². The number of hydrogen-bond donors (Lipinski definition) is 3. The predicted octanol–water partition coefficient (Wildman–Crippen LogP) is 9.79. The molecule has 0 bridgehead atoms. The summed E-state index contributed by atoms with van der Waals surface area (Å²) >= 11 is 1.44. The summed E-state index contributed by atoms with van der Waals surface area (Å²) in [5, 5.41) is 14.5. The van der Waals surface area contributed by atoms with E-state index in [1.165, 1.54) is 36.0 Å². The fraction of sp³-hybridized carbons (Fsp3) is 0.340. The SMILES string of the molecule is CN1CCC[C@H]1C[C@H](CSc1ccccc1)Nc1ccc(S(=O)(=O)NC(=O)c2ccc(N3CCC([C@@H](O)c4ccccc4-c4ccc(C(F)(F)F)cc4)CC3)cc2)cc1S(=O)(=O)C(F)(F)F. The van der Waals surface area contributed by atoms with Crippen molar-refractivity contribution in [2.24, 2.45) is 5.92 Å². The molecule has 2 heterocycles. The zero-order chi connectivity index (χ0) is 47.4. The second kappa shape index (κ2) is 20.0. The van der Waals surface area contributed by atoms with Crippen LogP contribution in [0.2, 0.25) is 0 Å². The number of hydrogen-bond acceptors (Lipinski definition) is 10. The summed E-state index contributed by atoms with van der Waals surface area (Å²) in [4.78, 5) is 16.2. The summed E-state index contributed by atoms with van der Waals surface area (Å²) in [5.74, 6) is -0.915. The molecule has 0 unspecified atom stereocenters. The van der Waals surface area contributed by atoms with Crippen LogP contribution in [0.1, 0.15) is 59.7 Å². The molecule has 2 aliphatic heterocycles. The number of nitrogens with zero attached hydrogens (tertiary/aromatic N) is 2. The summed E-state index contributed by atoms with van der Waals surface area (Å²) in [7, 11) is -9.04. The highest BCUT2D eigenvalue weighted by molar-refractivity contribution is 7.99. The highest BCUT2D eigenvalue weighted by Crippen LogP contribution is 2.40. The third-order valence-corrected chi connectivity index (χ3v) is 16.2. The van der Waals surface area contributed by atoms with Crippen LogP contribution in [0.3, 0.4) is 0 Å². The molecule has 19 heteroatoms. The number of anilines is 2. The van der Waals surface area contributed by atoms with E-state index in [0.29, 0.717) is 66.5 Å². The Morgan fingerprint density at radius 1 is 0.803 bits per heavy atom. The molecule has 0 radical (unpaired) electrons. The van der Waals surface area contributed by atoms with Crippen molar-refractivity contribution >= 4 is 48.9 Å². The van der Waals surface area contributed by atoms with Crippen LogP contribution in [0.5, 0.6) is 0 Å². The molecular formula is C47H48F6N4O6S3. The monoisotopic (exact) mass is 974 g/mol. The molecule has 1 amide bonds. The molecule has 0 saturated carbocycles. The van der Waals surface area contributed by atoms with Crippen molar-refractivity contribution in [3.8, 4) is 11.1 Å². The Bertz CT molecular complexity index is 2700. The lowest BCUT2D eigenvalue weighted by atomic mass is 9.84. The number of benzene rings is 5. The average molecular weight is 975 g/mol. The first-order valence-corrected chi connectivity index (χ1v) is 25.1. The van der Waals surface area contributed by atoms with Gasteiger partial charge in [0.25, 0.3) is 25.8 Å². The van der Waals surface area contributed by atoms with Crippen molar-refractivity contribution in [1.29, 1.82) is 0 Å². The van der Waals surface area contributed by atoms with Crippen molar-refractivity contribution in [3.05, 3.63) is 138 Å². The molecule has 2 fully saturated rings. The van der Waals surface area contributed by atoms with Gasteiger partial charge in [0.05, 0.1) is 22.3 Å². The summed E-state index contributed by atoms with van der Waals surface area (Å²) in [6.45, 7) is 1.84. The first-order chi connectivity index (χ1) is 31.2. The maximum Gasteiger partial charge on any atom is 0.501 e. The number of piperidine rings is 1. The van der Waals surface area contributed by atoms with Crippen LogP contribution in [-0.4, -0.2) is 82.8 Å². The Labute approximate surface area is 384 Å². The minimum atomic E-state index is -6.09. The van der Waals surface area contributed by atoms with Gasteiger partial charge in [0.1, 0.15) is 4.90 Å². The maximum absolute atomic E-state index is 14.2. The fourth-order valence-corrected chi connectivity index (χ4v) is 11.5. The molecular weight excluding hydrogens is 927 g/mol. The lowest BCUT2D eigenvalue weighted by Gasteiger charge is -2.36. The lowest BCUT2D eigenvalue weighted by molar-refractivity contribution is -0.137. The molecule has 0 aromatic heterocycles. The second-order valence-electron chi connectivity index (χ2n) is 16.5. The van der Waals surface area contributed by atoms with Crippen LogP contribution < -0.4 is 14.9 Å². The Hall–Kier alpha value is -5.08. The van der Waals surface area contributed by atoms with Gasteiger partial charge in [-0.2, -0.15) is 26.3 Å². The molecule has 5 aromatic carbocycles. The molecule has 2 aliphatic rings. The lowest BCUT2D eigenvalue weighted by Crippen LogP contribution is -2.36. The normalized spacial score (nSPS) is 17.6.